The highest BCUT2D eigenvalue weighted by Gasteiger charge is 2.29. The molecule has 1 atom stereocenters. The molecular weight excluding hydrogens is 272 g/mol. The third-order valence-electron chi connectivity index (χ3n) is 5.04. The number of hydrogen-bond acceptors (Lipinski definition) is 2. The normalized spacial score (nSPS) is 20.5. The van der Waals surface area contributed by atoms with Crippen LogP contribution in [0.15, 0.2) is 18.2 Å². The molecule has 1 heterocycles. The maximum Gasteiger partial charge on any atom is 0.230 e. The lowest BCUT2D eigenvalue weighted by Crippen LogP contribution is -2.40. The number of carbonyl (C=O) groups is 1. The topological polar surface area (TPSA) is 46.3 Å². The zero-order valence-electron chi connectivity index (χ0n) is 13.7. The fourth-order valence-corrected chi connectivity index (χ4v) is 3.95. The first-order chi connectivity index (χ1) is 10.6. The molecule has 1 aliphatic heterocycles. The first kappa shape index (κ1) is 15.5. The van der Waals surface area contributed by atoms with Gasteiger partial charge in [-0.15, -0.1) is 0 Å². The Labute approximate surface area is 133 Å². The van der Waals surface area contributed by atoms with E-state index in [1.807, 2.05) is 6.92 Å². The van der Waals surface area contributed by atoms with E-state index in [4.69, 9.17) is 5.73 Å². The minimum atomic E-state index is 0.182. The van der Waals surface area contributed by atoms with E-state index in [-0.39, 0.29) is 12.0 Å². The van der Waals surface area contributed by atoms with E-state index in [0.29, 0.717) is 5.91 Å². The monoisotopic (exact) mass is 300 g/mol. The summed E-state index contributed by atoms with van der Waals surface area (Å²) in [6.07, 6.45) is 8.93. The van der Waals surface area contributed by atoms with Crippen LogP contribution >= 0.6 is 0 Å². The molecule has 1 aliphatic carbocycles. The van der Waals surface area contributed by atoms with Crippen LogP contribution in [-0.2, 0) is 17.6 Å². The lowest BCUT2D eigenvalue weighted by Gasteiger charge is -2.34. The van der Waals surface area contributed by atoms with E-state index in [2.05, 4.69) is 23.1 Å². The average molecular weight is 300 g/mol. The van der Waals surface area contributed by atoms with Gasteiger partial charge in [-0.2, -0.15) is 0 Å². The minimum absolute atomic E-state index is 0.182. The second kappa shape index (κ2) is 6.82. The Hall–Kier alpha value is -1.35. The molecule has 0 aromatic heterocycles. The van der Waals surface area contributed by atoms with E-state index in [1.165, 1.54) is 30.4 Å². The predicted molar refractivity (Wildman–Crippen MR) is 91.0 cm³/mol. The SMILES string of the molecule is CC(N)Cc1ccc2c(c1)CCCN2C(=O)C1CCCCC1. The van der Waals surface area contributed by atoms with Gasteiger partial charge in [-0.3, -0.25) is 4.79 Å². The molecule has 3 heteroatoms. The zero-order valence-corrected chi connectivity index (χ0v) is 13.7. The molecule has 3 rings (SSSR count). The van der Waals surface area contributed by atoms with Gasteiger partial charge in [-0.1, -0.05) is 31.4 Å². The van der Waals surface area contributed by atoms with Gasteiger partial charge in [0.05, 0.1) is 0 Å². The quantitative estimate of drug-likeness (QED) is 0.929. The molecule has 120 valence electrons. The summed E-state index contributed by atoms with van der Waals surface area (Å²) in [6, 6.07) is 6.74. The van der Waals surface area contributed by atoms with E-state index in [0.717, 1.165) is 44.3 Å². The highest BCUT2D eigenvalue weighted by molar-refractivity contribution is 5.96. The van der Waals surface area contributed by atoms with Gasteiger partial charge in [0.1, 0.15) is 0 Å². The van der Waals surface area contributed by atoms with Crippen LogP contribution in [0.1, 0.15) is 56.6 Å². The maximum atomic E-state index is 12.9. The highest BCUT2D eigenvalue weighted by Crippen LogP contribution is 2.32. The number of hydrogen-bond donors (Lipinski definition) is 1. The summed E-state index contributed by atoms with van der Waals surface area (Å²) in [7, 11) is 0. The Bertz CT molecular complexity index is 532. The Kier molecular flexibility index (Phi) is 4.82. The lowest BCUT2D eigenvalue weighted by molar-refractivity contribution is -0.123. The van der Waals surface area contributed by atoms with E-state index < -0.39 is 0 Å². The van der Waals surface area contributed by atoms with Crippen LogP contribution in [0.25, 0.3) is 0 Å². The summed E-state index contributed by atoms with van der Waals surface area (Å²) >= 11 is 0. The van der Waals surface area contributed by atoms with Crippen LogP contribution in [0.3, 0.4) is 0 Å². The molecule has 1 saturated carbocycles. The van der Waals surface area contributed by atoms with Crippen LogP contribution in [0.4, 0.5) is 5.69 Å². The molecule has 0 spiro atoms. The summed E-state index contributed by atoms with van der Waals surface area (Å²) in [4.78, 5) is 14.9. The highest BCUT2D eigenvalue weighted by atomic mass is 16.2. The van der Waals surface area contributed by atoms with Crippen molar-refractivity contribution in [2.24, 2.45) is 11.7 Å². The lowest BCUT2D eigenvalue weighted by atomic mass is 9.87. The Morgan fingerprint density at radius 3 is 2.77 bits per heavy atom. The second-order valence-electron chi connectivity index (χ2n) is 7.07. The minimum Gasteiger partial charge on any atom is -0.328 e. The maximum absolute atomic E-state index is 12.9. The third kappa shape index (κ3) is 3.35. The fraction of sp³-hybridized carbons (Fsp3) is 0.632. The number of nitrogens with zero attached hydrogens (tertiary/aromatic N) is 1. The molecule has 1 amide bonds. The van der Waals surface area contributed by atoms with E-state index in [1.54, 1.807) is 0 Å². The molecule has 0 radical (unpaired) electrons. The third-order valence-corrected chi connectivity index (χ3v) is 5.04. The van der Waals surface area contributed by atoms with Crippen LogP contribution in [-0.4, -0.2) is 18.5 Å². The summed E-state index contributed by atoms with van der Waals surface area (Å²) in [5.41, 5.74) is 9.68. The van der Waals surface area contributed by atoms with Crippen LogP contribution in [0.2, 0.25) is 0 Å². The molecule has 1 unspecified atom stereocenters. The number of carbonyl (C=O) groups excluding carboxylic acids is 1. The fourth-order valence-electron chi connectivity index (χ4n) is 3.95. The number of rotatable bonds is 3. The Morgan fingerprint density at radius 2 is 2.05 bits per heavy atom. The number of anilines is 1. The first-order valence-electron chi connectivity index (χ1n) is 8.84. The van der Waals surface area contributed by atoms with Crippen molar-refractivity contribution in [3.05, 3.63) is 29.3 Å². The molecule has 1 fully saturated rings. The first-order valence-corrected chi connectivity index (χ1v) is 8.84. The predicted octanol–water partition coefficient (Wildman–Crippen LogP) is 3.44. The van der Waals surface area contributed by atoms with E-state index >= 15 is 0 Å². The molecule has 0 bridgehead atoms. The van der Waals surface area contributed by atoms with Gasteiger partial charge < -0.3 is 10.6 Å². The molecule has 1 aromatic carbocycles. The standard InChI is InChI=1S/C19H28N2O/c1-14(20)12-15-9-10-18-17(13-15)8-5-11-21(18)19(22)16-6-3-2-4-7-16/h9-10,13-14,16H,2-8,11-12,20H2,1H3. The number of nitrogens with two attached hydrogens (primary N) is 1. The summed E-state index contributed by atoms with van der Waals surface area (Å²) in [5.74, 6) is 0.615. The largest absolute Gasteiger partial charge is 0.328 e. The Morgan fingerprint density at radius 1 is 1.27 bits per heavy atom. The number of benzene rings is 1. The summed E-state index contributed by atoms with van der Waals surface area (Å²) in [5, 5.41) is 0. The van der Waals surface area contributed by atoms with Gasteiger partial charge in [0.15, 0.2) is 0 Å². The van der Waals surface area contributed by atoms with Crippen molar-refractivity contribution in [2.45, 2.75) is 64.3 Å². The summed E-state index contributed by atoms with van der Waals surface area (Å²) < 4.78 is 0. The van der Waals surface area contributed by atoms with Crippen molar-refractivity contribution in [3.63, 3.8) is 0 Å². The van der Waals surface area contributed by atoms with Crippen LogP contribution < -0.4 is 10.6 Å². The molecule has 3 nitrogen and oxygen atoms in total. The van der Waals surface area contributed by atoms with Gasteiger partial charge in [-0.05, 0) is 56.2 Å². The van der Waals surface area contributed by atoms with Gasteiger partial charge in [0.25, 0.3) is 0 Å². The Balaban J connectivity index is 1.80. The molecular formula is C19H28N2O. The van der Waals surface area contributed by atoms with Crippen molar-refractivity contribution < 1.29 is 4.79 Å². The second-order valence-corrected chi connectivity index (χ2v) is 7.07. The number of aryl methyl sites for hydroxylation is 1. The summed E-state index contributed by atoms with van der Waals surface area (Å²) in [6.45, 7) is 2.92. The van der Waals surface area contributed by atoms with E-state index in [9.17, 15) is 4.79 Å². The molecule has 2 N–H and O–H groups in total. The van der Waals surface area contributed by atoms with Gasteiger partial charge in [-0.25, -0.2) is 0 Å². The van der Waals surface area contributed by atoms with Crippen molar-refractivity contribution in [1.29, 1.82) is 0 Å². The molecule has 1 aromatic rings. The number of amides is 1. The van der Waals surface area contributed by atoms with Crippen molar-refractivity contribution >= 4 is 11.6 Å². The van der Waals surface area contributed by atoms with Gasteiger partial charge >= 0.3 is 0 Å². The van der Waals surface area contributed by atoms with Crippen molar-refractivity contribution in [1.82, 2.24) is 0 Å². The molecule has 0 saturated heterocycles. The van der Waals surface area contributed by atoms with Crippen molar-refractivity contribution in [3.8, 4) is 0 Å². The van der Waals surface area contributed by atoms with Crippen molar-refractivity contribution in [2.75, 3.05) is 11.4 Å². The number of fused-ring (bicyclic) bond motifs is 1. The van der Waals surface area contributed by atoms with Crippen LogP contribution in [0, 0.1) is 5.92 Å². The molecule has 2 aliphatic rings. The van der Waals surface area contributed by atoms with Crippen LogP contribution in [0.5, 0.6) is 0 Å². The van der Waals surface area contributed by atoms with Gasteiger partial charge in [0, 0.05) is 24.2 Å². The van der Waals surface area contributed by atoms with Gasteiger partial charge in [0.2, 0.25) is 5.91 Å². The average Bonchev–Trinajstić information content (AvgIpc) is 2.53. The molecule has 22 heavy (non-hydrogen) atoms. The smallest absolute Gasteiger partial charge is 0.230 e. The zero-order chi connectivity index (χ0) is 15.5.